The Kier molecular flexibility index (Phi) is 5.07. The summed E-state index contributed by atoms with van der Waals surface area (Å²) in [5, 5.41) is 4.36. The molecule has 0 amide bonds. The van der Waals surface area contributed by atoms with Crippen molar-refractivity contribution in [1.29, 1.82) is 0 Å². The van der Waals surface area contributed by atoms with Gasteiger partial charge in [-0.1, -0.05) is 20.8 Å². The number of nitrogens with zero attached hydrogens (tertiary/aromatic N) is 3. The van der Waals surface area contributed by atoms with Crippen LogP contribution in [0.2, 0.25) is 0 Å². The Bertz CT molecular complexity index is 521. The van der Waals surface area contributed by atoms with Gasteiger partial charge in [-0.3, -0.25) is 0 Å². The van der Waals surface area contributed by atoms with E-state index in [4.69, 9.17) is 0 Å². The Hall–Kier alpha value is -1.23. The van der Waals surface area contributed by atoms with Gasteiger partial charge in [0.25, 0.3) is 0 Å². The van der Waals surface area contributed by atoms with Crippen molar-refractivity contribution in [3.63, 3.8) is 0 Å². The monoisotopic (exact) mass is 278 g/mol. The SMILES string of the molecule is CCCNc1cn2ccnc2c(SCCC(C)C)n1. The van der Waals surface area contributed by atoms with E-state index in [1.165, 1.54) is 6.42 Å². The summed E-state index contributed by atoms with van der Waals surface area (Å²) in [6.07, 6.45) is 8.10. The molecule has 0 aromatic carbocycles. The molecule has 0 aliphatic carbocycles. The molecule has 4 nitrogen and oxygen atoms in total. The van der Waals surface area contributed by atoms with Crippen molar-refractivity contribution in [2.24, 2.45) is 5.92 Å². The zero-order chi connectivity index (χ0) is 13.7. The largest absolute Gasteiger partial charge is 0.369 e. The number of hydrogen-bond acceptors (Lipinski definition) is 4. The molecule has 2 rings (SSSR count). The Morgan fingerprint density at radius 3 is 3.00 bits per heavy atom. The molecule has 2 aromatic heterocycles. The lowest BCUT2D eigenvalue weighted by Crippen LogP contribution is -2.04. The molecule has 0 aliphatic rings. The van der Waals surface area contributed by atoms with Crippen LogP contribution in [0, 0.1) is 5.92 Å². The molecule has 0 fully saturated rings. The fourth-order valence-corrected chi connectivity index (χ4v) is 2.96. The third-order valence-corrected chi connectivity index (χ3v) is 3.82. The average molecular weight is 278 g/mol. The van der Waals surface area contributed by atoms with Gasteiger partial charge >= 0.3 is 0 Å². The number of anilines is 1. The van der Waals surface area contributed by atoms with Crippen molar-refractivity contribution < 1.29 is 0 Å². The second-order valence-electron chi connectivity index (χ2n) is 5.05. The zero-order valence-electron chi connectivity index (χ0n) is 11.9. The molecule has 2 aromatic rings. The Morgan fingerprint density at radius 2 is 2.26 bits per heavy atom. The lowest BCUT2D eigenvalue weighted by Gasteiger charge is -2.09. The van der Waals surface area contributed by atoms with Crippen molar-refractivity contribution in [3.05, 3.63) is 18.6 Å². The highest BCUT2D eigenvalue weighted by atomic mass is 32.2. The molecular formula is C14H22N4S. The van der Waals surface area contributed by atoms with E-state index in [0.29, 0.717) is 0 Å². The van der Waals surface area contributed by atoms with Crippen molar-refractivity contribution in [3.8, 4) is 0 Å². The van der Waals surface area contributed by atoms with Crippen molar-refractivity contribution in [2.75, 3.05) is 17.6 Å². The van der Waals surface area contributed by atoms with Gasteiger partial charge in [-0.05, 0) is 24.5 Å². The van der Waals surface area contributed by atoms with E-state index in [0.717, 1.165) is 41.1 Å². The minimum absolute atomic E-state index is 0.727. The third kappa shape index (κ3) is 3.86. The normalized spacial score (nSPS) is 11.4. The maximum Gasteiger partial charge on any atom is 0.169 e. The van der Waals surface area contributed by atoms with Crippen LogP contribution in [0.5, 0.6) is 0 Å². The van der Waals surface area contributed by atoms with E-state index in [1.54, 1.807) is 11.8 Å². The predicted molar refractivity (Wildman–Crippen MR) is 81.9 cm³/mol. The first kappa shape index (κ1) is 14.2. The molecule has 104 valence electrons. The smallest absolute Gasteiger partial charge is 0.169 e. The Balaban J connectivity index is 2.16. The lowest BCUT2D eigenvalue weighted by molar-refractivity contribution is 0.632. The van der Waals surface area contributed by atoms with Crippen LogP contribution in [-0.2, 0) is 0 Å². The number of hydrogen-bond donors (Lipinski definition) is 1. The van der Waals surface area contributed by atoms with Gasteiger partial charge in [0.2, 0.25) is 0 Å². The van der Waals surface area contributed by atoms with Crippen LogP contribution in [-0.4, -0.2) is 26.7 Å². The van der Waals surface area contributed by atoms with Crippen LogP contribution < -0.4 is 5.32 Å². The lowest BCUT2D eigenvalue weighted by atomic mass is 10.2. The molecule has 0 saturated heterocycles. The van der Waals surface area contributed by atoms with Gasteiger partial charge in [0.05, 0.1) is 6.20 Å². The van der Waals surface area contributed by atoms with Crippen LogP contribution in [0.1, 0.15) is 33.6 Å². The minimum Gasteiger partial charge on any atom is -0.369 e. The van der Waals surface area contributed by atoms with E-state index in [-0.39, 0.29) is 0 Å². The summed E-state index contributed by atoms with van der Waals surface area (Å²) >= 11 is 1.80. The number of rotatable bonds is 7. The van der Waals surface area contributed by atoms with E-state index < -0.39 is 0 Å². The second-order valence-corrected chi connectivity index (χ2v) is 6.13. The minimum atomic E-state index is 0.727. The molecule has 19 heavy (non-hydrogen) atoms. The van der Waals surface area contributed by atoms with Crippen LogP contribution >= 0.6 is 11.8 Å². The summed E-state index contributed by atoms with van der Waals surface area (Å²) in [7, 11) is 0. The van der Waals surface area contributed by atoms with Gasteiger partial charge in [0.1, 0.15) is 10.8 Å². The molecule has 0 radical (unpaired) electrons. The van der Waals surface area contributed by atoms with Crippen LogP contribution in [0.4, 0.5) is 5.82 Å². The van der Waals surface area contributed by atoms with E-state index in [9.17, 15) is 0 Å². The fraction of sp³-hybridized carbons (Fsp3) is 0.571. The molecule has 0 bridgehead atoms. The Morgan fingerprint density at radius 1 is 1.42 bits per heavy atom. The molecule has 1 N–H and O–H groups in total. The molecule has 2 heterocycles. The van der Waals surface area contributed by atoms with Gasteiger partial charge in [-0.2, -0.15) is 0 Å². The highest BCUT2D eigenvalue weighted by Crippen LogP contribution is 2.24. The number of fused-ring (bicyclic) bond motifs is 1. The first-order valence-corrected chi connectivity index (χ1v) is 7.89. The number of aromatic nitrogens is 3. The first-order chi connectivity index (χ1) is 9.20. The summed E-state index contributed by atoms with van der Waals surface area (Å²) in [4.78, 5) is 9.07. The molecule has 0 saturated carbocycles. The Labute approximate surface area is 119 Å². The standard InChI is InChI=1S/C14H22N4S/c1-4-6-15-12-10-18-8-7-16-13(18)14(17-12)19-9-5-11(2)3/h7-8,10-11,15H,4-6,9H2,1-3H3. The van der Waals surface area contributed by atoms with Gasteiger partial charge in [0.15, 0.2) is 5.65 Å². The van der Waals surface area contributed by atoms with Gasteiger partial charge in [-0.15, -0.1) is 11.8 Å². The summed E-state index contributed by atoms with van der Waals surface area (Å²) in [5.41, 5.74) is 0.954. The zero-order valence-corrected chi connectivity index (χ0v) is 12.7. The number of nitrogens with one attached hydrogen (secondary N) is 1. The fourth-order valence-electron chi connectivity index (χ4n) is 1.73. The number of thioether (sulfide) groups is 1. The quantitative estimate of drug-likeness (QED) is 0.784. The van der Waals surface area contributed by atoms with E-state index in [1.807, 2.05) is 23.0 Å². The topological polar surface area (TPSA) is 42.2 Å². The van der Waals surface area contributed by atoms with Crippen molar-refractivity contribution >= 4 is 23.2 Å². The van der Waals surface area contributed by atoms with Crippen molar-refractivity contribution in [2.45, 2.75) is 38.6 Å². The van der Waals surface area contributed by atoms with Crippen LogP contribution in [0.15, 0.2) is 23.6 Å². The molecule has 5 heteroatoms. The maximum absolute atomic E-state index is 4.68. The number of imidazole rings is 1. The van der Waals surface area contributed by atoms with Gasteiger partial charge < -0.3 is 9.72 Å². The maximum atomic E-state index is 4.68. The average Bonchev–Trinajstić information content (AvgIpc) is 2.84. The predicted octanol–water partition coefficient (Wildman–Crippen LogP) is 3.69. The molecule has 0 atom stereocenters. The second kappa shape index (κ2) is 6.80. The molecular weight excluding hydrogens is 256 g/mol. The van der Waals surface area contributed by atoms with Gasteiger partial charge in [0, 0.05) is 18.9 Å². The van der Waals surface area contributed by atoms with E-state index in [2.05, 4.69) is 36.1 Å². The summed E-state index contributed by atoms with van der Waals surface area (Å²) in [6.45, 7) is 7.60. The molecule has 0 aliphatic heterocycles. The van der Waals surface area contributed by atoms with Crippen LogP contribution in [0.3, 0.4) is 0 Å². The molecule has 0 unspecified atom stereocenters. The van der Waals surface area contributed by atoms with Crippen LogP contribution in [0.25, 0.3) is 5.65 Å². The highest BCUT2D eigenvalue weighted by Gasteiger charge is 2.08. The summed E-state index contributed by atoms with van der Waals surface area (Å²) < 4.78 is 2.04. The van der Waals surface area contributed by atoms with Gasteiger partial charge in [-0.25, -0.2) is 9.97 Å². The third-order valence-electron chi connectivity index (χ3n) is 2.83. The highest BCUT2D eigenvalue weighted by molar-refractivity contribution is 7.99. The first-order valence-electron chi connectivity index (χ1n) is 6.91. The van der Waals surface area contributed by atoms with E-state index >= 15 is 0 Å². The molecule has 0 spiro atoms. The van der Waals surface area contributed by atoms with Crippen molar-refractivity contribution in [1.82, 2.24) is 14.4 Å². The summed E-state index contributed by atoms with van der Waals surface area (Å²) in [6, 6.07) is 0. The summed E-state index contributed by atoms with van der Waals surface area (Å²) in [5.74, 6) is 2.74.